The van der Waals surface area contributed by atoms with Gasteiger partial charge in [0.25, 0.3) is 0 Å². The molecule has 1 nitrogen and oxygen atoms in total. The Morgan fingerprint density at radius 2 is 1.24 bits per heavy atom. The van der Waals surface area contributed by atoms with E-state index >= 15 is 0 Å². The monoisotopic (exact) mass is 289 g/mol. The van der Waals surface area contributed by atoms with Gasteiger partial charge in [-0.05, 0) is 81.5 Å². The van der Waals surface area contributed by atoms with Gasteiger partial charge in [0.1, 0.15) is 0 Å². The minimum Gasteiger partial charge on any atom is -0.311 e. The van der Waals surface area contributed by atoms with Gasteiger partial charge in [0.15, 0.2) is 0 Å². The first kappa shape index (κ1) is 14.5. The summed E-state index contributed by atoms with van der Waals surface area (Å²) in [6, 6.07) is 1.60. The fourth-order valence-corrected chi connectivity index (χ4v) is 6.86. The molecule has 5 rings (SSSR count). The van der Waals surface area contributed by atoms with E-state index in [2.05, 4.69) is 12.2 Å². The van der Waals surface area contributed by atoms with E-state index < -0.39 is 0 Å². The number of nitrogens with one attached hydrogen (secondary N) is 1. The summed E-state index contributed by atoms with van der Waals surface area (Å²) in [5, 5.41) is 4.14. The summed E-state index contributed by atoms with van der Waals surface area (Å²) in [5.41, 5.74) is 0.692. The van der Waals surface area contributed by atoms with Crippen LogP contribution in [-0.2, 0) is 0 Å². The summed E-state index contributed by atoms with van der Waals surface area (Å²) in [6.07, 6.45) is 19.6. The fraction of sp³-hybridized carbons (Fsp3) is 1.00. The van der Waals surface area contributed by atoms with E-state index in [1.807, 2.05) is 0 Å². The SMILES string of the molecule is CC(NC1CCCCCCC1)C12CC3CC(CC(C3)C1)C2. The Morgan fingerprint density at radius 1 is 0.762 bits per heavy atom. The zero-order chi connectivity index (χ0) is 14.3. The predicted molar refractivity (Wildman–Crippen MR) is 89.3 cm³/mol. The van der Waals surface area contributed by atoms with Crippen LogP contribution >= 0.6 is 0 Å². The van der Waals surface area contributed by atoms with Crippen molar-refractivity contribution in [2.24, 2.45) is 23.2 Å². The van der Waals surface area contributed by atoms with E-state index in [0.717, 1.165) is 29.8 Å². The van der Waals surface area contributed by atoms with Crippen molar-refractivity contribution in [1.82, 2.24) is 5.32 Å². The minimum absolute atomic E-state index is 0.692. The molecule has 0 aromatic carbocycles. The third-order valence-electron chi connectivity index (χ3n) is 7.60. The first-order valence-corrected chi connectivity index (χ1v) is 9.99. The zero-order valence-electron chi connectivity index (χ0n) is 14.1. The summed E-state index contributed by atoms with van der Waals surface area (Å²) in [7, 11) is 0. The first-order valence-electron chi connectivity index (χ1n) is 9.99. The maximum absolute atomic E-state index is 4.14. The number of hydrogen-bond donors (Lipinski definition) is 1. The van der Waals surface area contributed by atoms with Crippen molar-refractivity contribution in [3.63, 3.8) is 0 Å². The van der Waals surface area contributed by atoms with Crippen molar-refractivity contribution >= 4 is 0 Å². The van der Waals surface area contributed by atoms with E-state index in [9.17, 15) is 0 Å². The van der Waals surface area contributed by atoms with Crippen LogP contribution in [0.15, 0.2) is 0 Å². The molecule has 120 valence electrons. The third-order valence-corrected chi connectivity index (χ3v) is 7.60. The Kier molecular flexibility index (Phi) is 4.07. The molecule has 5 aliphatic rings. The standard InChI is InChI=1S/C20H35N/c1-15(21-19-7-5-3-2-4-6-8-19)20-12-16-9-17(13-20)11-18(10-16)14-20/h15-19,21H,2-14H2,1H3. The molecule has 1 N–H and O–H groups in total. The lowest BCUT2D eigenvalue weighted by molar-refractivity contribution is -0.0725. The van der Waals surface area contributed by atoms with Crippen LogP contribution in [0.1, 0.15) is 90.4 Å². The van der Waals surface area contributed by atoms with Gasteiger partial charge in [-0.3, -0.25) is 0 Å². The summed E-state index contributed by atoms with van der Waals surface area (Å²) >= 11 is 0. The van der Waals surface area contributed by atoms with Gasteiger partial charge in [-0.25, -0.2) is 0 Å². The topological polar surface area (TPSA) is 12.0 Å². The molecule has 5 saturated carbocycles. The zero-order valence-corrected chi connectivity index (χ0v) is 14.1. The summed E-state index contributed by atoms with van der Waals surface area (Å²) in [4.78, 5) is 0. The highest BCUT2D eigenvalue weighted by molar-refractivity contribution is 5.05. The van der Waals surface area contributed by atoms with Crippen molar-refractivity contribution in [2.75, 3.05) is 0 Å². The van der Waals surface area contributed by atoms with Gasteiger partial charge in [-0.15, -0.1) is 0 Å². The molecule has 5 fully saturated rings. The quantitative estimate of drug-likeness (QED) is 0.744. The largest absolute Gasteiger partial charge is 0.311 e. The summed E-state index contributed by atoms with van der Waals surface area (Å²) in [5.74, 6) is 3.29. The molecule has 0 heterocycles. The molecular weight excluding hydrogens is 254 g/mol. The van der Waals surface area contributed by atoms with Gasteiger partial charge >= 0.3 is 0 Å². The smallest absolute Gasteiger partial charge is 0.00980 e. The Labute approximate surface area is 131 Å². The van der Waals surface area contributed by atoms with Gasteiger partial charge in [0.2, 0.25) is 0 Å². The normalized spacial score (nSPS) is 45.3. The lowest BCUT2D eigenvalue weighted by Gasteiger charge is -2.59. The fourth-order valence-electron chi connectivity index (χ4n) is 6.86. The van der Waals surface area contributed by atoms with Crippen LogP contribution < -0.4 is 5.32 Å². The molecule has 0 aromatic heterocycles. The Hall–Kier alpha value is -0.0400. The van der Waals surface area contributed by atoms with Gasteiger partial charge in [0, 0.05) is 12.1 Å². The van der Waals surface area contributed by atoms with Crippen molar-refractivity contribution in [2.45, 2.75) is 102 Å². The van der Waals surface area contributed by atoms with E-state index in [1.165, 1.54) is 44.9 Å². The second-order valence-corrected chi connectivity index (χ2v) is 9.21. The highest BCUT2D eigenvalue weighted by Gasteiger charge is 2.53. The number of hydrogen-bond acceptors (Lipinski definition) is 1. The molecule has 5 aliphatic carbocycles. The molecule has 0 aliphatic heterocycles. The average molecular weight is 290 g/mol. The molecule has 0 amide bonds. The van der Waals surface area contributed by atoms with Crippen molar-refractivity contribution in [3.05, 3.63) is 0 Å². The van der Waals surface area contributed by atoms with Gasteiger partial charge < -0.3 is 5.32 Å². The molecule has 1 unspecified atom stereocenters. The van der Waals surface area contributed by atoms with Crippen molar-refractivity contribution < 1.29 is 0 Å². The maximum atomic E-state index is 4.14. The molecule has 0 spiro atoms. The van der Waals surface area contributed by atoms with Crippen LogP contribution in [-0.4, -0.2) is 12.1 Å². The molecule has 4 bridgehead atoms. The van der Waals surface area contributed by atoms with Crippen molar-refractivity contribution in [3.8, 4) is 0 Å². The third kappa shape index (κ3) is 2.92. The molecule has 0 saturated heterocycles. The summed E-state index contributed by atoms with van der Waals surface area (Å²) < 4.78 is 0. The first-order chi connectivity index (χ1) is 10.2. The van der Waals surface area contributed by atoms with Gasteiger partial charge in [-0.2, -0.15) is 0 Å². The Bertz CT molecular complexity index is 318. The highest BCUT2D eigenvalue weighted by Crippen LogP contribution is 2.61. The van der Waals surface area contributed by atoms with Crippen LogP contribution in [0.3, 0.4) is 0 Å². The Balaban J connectivity index is 1.40. The second kappa shape index (κ2) is 5.87. The van der Waals surface area contributed by atoms with E-state index in [-0.39, 0.29) is 0 Å². The Morgan fingerprint density at radius 3 is 1.76 bits per heavy atom. The lowest BCUT2D eigenvalue weighted by Crippen LogP contribution is -2.56. The second-order valence-electron chi connectivity index (χ2n) is 9.21. The van der Waals surface area contributed by atoms with Crippen LogP contribution in [0.2, 0.25) is 0 Å². The predicted octanol–water partition coefficient (Wildman–Crippen LogP) is 5.29. The molecular formula is C20H35N. The van der Waals surface area contributed by atoms with Crippen LogP contribution in [0.25, 0.3) is 0 Å². The van der Waals surface area contributed by atoms with Gasteiger partial charge in [-0.1, -0.05) is 32.1 Å². The molecule has 1 atom stereocenters. The van der Waals surface area contributed by atoms with Crippen molar-refractivity contribution in [1.29, 1.82) is 0 Å². The van der Waals surface area contributed by atoms with Crippen LogP contribution in [0.5, 0.6) is 0 Å². The molecule has 1 heteroatoms. The highest BCUT2D eigenvalue weighted by atomic mass is 15.0. The minimum atomic E-state index is 0.692. The van der Waals surface area contributed by atoms with E-state index in [1.54, 1.807) is 38.5 Å². The van der Waals surface area contributed by atoms with E-state index in [0.29, 0.717) is 5.41 Å². The molecule has 0 aromatic rings. The van der Waals surface area contributed by atoms with Crippen LogP contribution in [0, 0.1) is 23.2 Å². The molecule has 0 radical (unpaired) electrons. The van der Waals surface area contributed by atoms with Crippen LogP contribution in [0.4, 0.5) is 0 Å². The number of rotatable bonds is 3. The average Bonchev–Trinajstić information content (AvgIpc) is 2.40. The van der Waals surface area contributed by atoms with E-state index in [4.69, 9.17) is 0 Å². The summed E-state index contributed by atoms with van der Waals surface area (Å²) in [6.45, 7) is 2.55. The lowest BCUT2D eigenvalue weighted by atomic mass is 9.48. The molecule has 21 heavy (non-hydrogen) atoms. The maximum Gasteiger partial charge on any atom is 0.00980 e. The van der Waals surface area contributed by atoms with Gasteiger partial charge in [0.05, 0.1) is 0 Å².